The summed E-state index contributed by atoms with van der Waals surface area (Å²) in [5, 5.41) is 0.280. The van der Waals surface area contributed by atoms with Crippen molar-refractivity contribution in [2.75, 3.05) is 19.6 Å². The second kappa shape index (κ2) is 7.97. The first-order valence-corrected chi connectivity index (χ1v) is 7.97. The molecule has 0 saturated carbocycles. The minimum atomic E-state index is -0.588. The van der Waals surface area contributed by atoms with Gasteiger partial charge in [-0.25, -0.2) is 4.39 Å². The Balaban J connectivity index is 0.00000208. The predicted octanol–water partition coefficient (Wildman–Crippen LogP) is 3.72. The third-order valence-electron chi connectivity index (χ3n) is 4.42. The first kappa shape index (κ1) is 18.7. The minimum absolute atomic E-state index is 0. The molecule has 1 aliphatic rings. The molecule has 2 N–H and O–H groups in total. The molecule has 1 saturated heterocycles. The molecule has 128 valence electrons. The van der Waals surface area contributed by atoms with Gasteiger partial charge < -0.3 is 10.6 Å². The monoisotopic (exact) mass is 368 g/mol. The molecule has 1 aliphatic heterocycles. The van der Waals surface area contributed by atoms with Crippen LogP contribution in [0.1, 0.15) is 21.8 Å². The van der Waals surface area contributed by atoms with Crippen molar-refractivity contribution in [3.8, 4) is 0 Å². The van der Waals surface area contributed by atoms with E-state index < -0.39 is 5.82 Å². The van der Waals surface area contributed by atoms with E-state index in [-0.39, 0.29) is 40.7 Å². The van der Waals surface area contributed by atoms with Crippen LogP contribution in [0, 0.1) is 11.7 Å². The number of nitrogens with two attached hydrogens (primary N) is 1. The van der Waals surface area contributed by atoms with Crippen molar-refractivity contribution < 1.29 is 9.18 Å². The van der Waals surface area contributed by atoms with Gasteiger partial charge in [0.1, 0.15) is 5.82 Å². The number of benzene rings is 2. The van der Waals surface area contributed by atoms with Gasteiger partial charge in [0.2, 0.25) is 0 Å². The fourth-order valence-electron chi connectivity index (χ4n) is 3.19. The van der Waals surface area contributed by atoms with Crippen LogP contribution in [0.15, 0.2) is 48.5 Å². The first-order valence-electron chi connectivity index (χ1n) is 7.59. The van der Waals surface area contributed by atoms with Gasteiger partial charge in [-0.15, -0.1) is 12.4 Å². The summed E-state index contributed by atoms with van der Waals surface area (Å²) in [6, 6.07) is 14.1. The number of likely N-dealkylation sites (tertiary alicyclic amines) is 1. The third kappa shape index (κ3) is 3.72. The van der Waals surface area contributed by atoms with Crippen molar-refractivity contribution in [2.45, 2.75) is 5.92 Å². The first-order chi connectivity index (χ1) is 11.1. The lowest BCUT2D eigenvalue weighted by atomic mass is 9.89. The van der Waals surface area contributed by atoms with Crippen LogP contribution < -0.4 is 5.73 Å². The van der Waals surface area contributed by atoms with Gasteiger partial charge in [0.05, 0.1) is 5.56 Å². The van der Waals surface area contributed by atoms with Crippen molar-refractivity contribution in [3.05, 3.63) is 70.5 Å². The van der Waals surface area contributed by atoms with Crippen LogP contribution in [0.25, 0.3) is 0 Å². The predicted molar refractivity (Wildman–Crippen MR) is 96.3 cm³/mol. The summed E-state index contributed by atoms with van der Waals surface area (Å²) < 4.78 is 14.0. The zero-order chi connectivity index (χ0) is 16.4. The van der Waals surface area contributed by atoms with Crippen molar-refractivity contribution >= 4 is 29.9 Å². The highest BCUT2D eigenvalue weighted by Gasteiger charge is 2.36. The van der Waals surface area contributed by atoms with E-state index in [2.05, 4.69) is 0 Å². The molecule has 0 bridgehead atoms. The number of nitrogens with zero attached hydrogens (tertiary/aromatic N) is 1. The summed E-state index contributed by atoms with van der Waals surface area (Å²) in [6.45, 7) is 1.58. The summed E-state index contributed by atoms with van der Waals surface area (Å²) in [5.74, 6) is -0.539. The van der Waals surface area contributed by atoms with E-state index in [0.717, 1.165) is 5.56 Å². The number of amides is 1. The third-order valence-corrected chi connectivity index (χ3v) is 4.66. The largest absolute Gasteiger partial charge is 0.338 e. The quantitative estimate of drug-likeness (QED) is 0.897. The van der Waals surface area contributed by atoms with E-state index in [1.165, 1.54) is 18.2 Å². The molecule has 24 heavy (non-hydrogen) atoms. The van der Waals surface area contributed by atoms with E-state index in [1.54, 1.807) is 4.90 Å². The normalized spacial score (nSPS) is 19.9. The van der Waals surface area contributed by atoms with Gasteiger partial charge in [-0.2, -0.15) is 0 Å². The van der Waals surface area contributed by atoms with E-state index >= 15 is 0 Å². The molecule has 3 rings (SSSR count). The van der Waals surface area contributed by atoms with Gasteiger partial charge in [-0.1, -0.05) is 41.9 Å². The molecule has 2 aromatic rings. The number of rotatable bonds is 3. The summed E-state index contributed by atoms with van der Waals surface area (Å²) >= 11 is 5.75. The molecular formula is C18H19Cl2FN2O. The topological polar surface area (TPSA) is 46.3 Å². The van der Waals surface area contributed by atoms with Gasteiger partial charge in [-0.3, -0.25) is 4.79 Å². The van der Waals surface area contributed by atoms with Gasteiger partial charge in [-0.05, 0) is 36.2 Å². The molecule has 0 radical (unpaired) electrons. The van der Waals surface area contributed by atoms with E-state index in [0.29, 0.717) is 19.6 Å². The molecule has 0 spiro atoms. The summed E-state index contributed by atoms with van der Waals surface area (Å²) in [5.41, 5.74) is 7.10. The van der Waals surface area contributed by atoms with Crippen LogP contribution >= 0.6 is 24.0 Å². The number of carbonyl (C=O) groups is 1. The van der Waals surface area contributed by atoms with Crippen LogP contribution in [0.4, 0.5) is 4.39 Å². The Morgan fingerprint density at radius 1 is 1.21 bits per heavy atom. The smallest absolute Gasteiger partial charge is 0.256 e. The molecule has 1 amide bonds. The average molecular weight is 369 g/mol. The maximum Gasteiger partial charge on any atom is 0.256 e. The molecule has 0 aromatic heterocycles. The fourth-order valence-corrected chi connectivity index (χ4v) is 3.35. The summed E-state index contributed by atoms with van der Waals surface area (Å²) in [7, 11) is 0. The Hall–Kier alpha value is -1.62. The summed E-state index contributed by atoms with van der Waals surface area (Å²) in [4.78, 5) is 14.3. The van der Waals surface area contributed by atoms with Crippen LogP contribution in [-0.2, 0) is 0 Å². The maximum atomic E-state index is 14.0. The van der Waals surface area contributed by atoms with Crippen molar-refractivity contribution in [1.29, 1.82) is 0 Å². The Kier molecular flexibility index (Phi) is 6.21. The number of hydrogen-bond donors (Lipinski definition) is 1. The van der Waals surface area contributed by atoms with Crippen LogP contribution in [0.5, 0.6) is 0 Å². The SMILES string of the molecule is Cl.NC[C@@H]1CN(C(=O)c2ccc(Cl)cc2F)C[C@H]1c1ccccc1. The molecular weight excluding hydrogens is 350 g/mol. The second-order valence-corrected chi connectivity index (χ2v) is 6.28. The number of halogens is 3. The highest BCUT2D eigenvalue weighted by Crippen LogP contribution is 2.33. The Morgan fingerprint density at radius 2 is 1.92 bits per heavy atom. The zero-order valence-corrected chi connectivity index (χ0v) is 14.6. The highest BCUT2D eigenvalue weighted by atomic mass is 35.5. The molecule has 1 fully saturated rings. The minimum Gasteiger partial charge on any atom is -0.338 e. The second-order valence-electron chi connectivity index (χ2n) is 5.85. The standard InChI is InChI=1S/C18H18ClFN2O.ClH/c19-14-6-7-15(17(20)8-14)18(23)22-10-13(9-21)16(11-22)12-4-2-1-3-5-12;/h1-8,13,16H,9-11,21H2;1H/t13-,16+;/m1./s1. The molecule has 1 heterocycles. The Labute approximate surface area is 152 Å². The average Bonchev–Trinajstić information content (AvgIpc) is 2.99. The number of hydrogen-bond acceptors (Lipinski definition) is 2. The summed E-state index contributed by atoms with van der Waals surface area (Å²) in [6.07, 6.45) is 0. The zero-order valence-electron chi connectivity index (χ0n) is 13.0. The van der Waals surface area contributed by atoms with Crippen molar-refractivity contribution in [3.63, 3.8) is 0 Å². The molecule has 3 nitrogen and oxygen atoms in total. The van der Waals surface area contributed by atoms with Crippen LogP contribution in [0.2, 0.25) is 5.02 Å². The van der Waals surface area contributed by atoms with Crippen LogP contribution in [-0.4, -0.2) is 30.4 Å². The van der Waals surface area contributed by atoms with Crippen LogP contribution in [0.3, 0.4) is 0 Å². The van der Waals surface area contributed by atoms with E-state index in [4.69, 9.17) is 17.3 Å². The number of carbonyl (C=O) groups excluding carboxylic acids is 1. The van der Waals surface area contributed by atoms with Gasteiger partial charge in [0.25, 0.3) is 5.91 Å². The molecule has 2 atom stereocenters. The lowest BCUT2D eigenvalue weighted by Gasteiger charge is -2.17. The lowest BCUT2D eigenvalue weighted by molar-refractivity contribution is 0.0782. The maximum absolute atomic E-state index is 14.0. The van der Waals surface area contributed by atoms with Gasteiger partial charge in [0.15, 0.2) is 0 Å². The highest BCUT2D eigenvalue weighted by molar-refractivity contribution is 6.30. The molecule has 0 unspecified atom stereocenters. The fraction of sp³-hybridized carbons (Fsp3) is 0.278. The van der Waals surface area contributed by atoms with Gasteiger partial charge >= 0.3 is 0 Å². The Bertz CT molecular complexity index is 711. The van der Waals surface area contributed by atoms with E-state index in [1.807, 2.05) is 30.3 Å². The molecule has 0 aliphatic carbocycles. The van der Waals surface area contributed by atoms with Crippen molar-refractivity contribution in [2.24, 2.45) is 11.7 Å². The van der Waals surface area contributed by atoms with Crippen molar-refractivity contribution in [1.82, 2.24) is 4.90 Å². The Morgan fingerprint density at radius 3 is 2.54 bits per heavy atom. The van der Waals surface area contributed by atoms with Gasteiger partial charge in [0, 0.05) is 24.0 Å². The van der Waals surface area contributed by atoms with E-state index in [9.17, 15) is 9.18 Å². The molecule has 2 aromatic carbocycles. The molecule has 6 heteroatoms. The lowest BCUT2D eigenvalue weighted by Crippen LogP contribution is -2.30.